The minimum atomic E-state index is -0.634. The molecule has 11 heteroatoms. The van der Waals surface area contributed by atoms with Crippen LogP contribution in [-0.4, -0.2) is 35.1 Å². The van der Waals surface area contributed by atoms with Gasteiger partial charge >= 0.3 is 0 Å². The third-order valence-electron chi connectivity index (χ3n) is 5.42. The predicted molar refractivity (Wildman–Crippen MR) is 149 cm³/mol. The minimum absolute atomic E-state index is 0.129. The Morgan fingerprint density at radius 3 is 2.69 bits per heavy atom. The smallest absolute Gasteiger partial charge is 0.294 e. The maximum absolute atomic E-state index is 13.4. The number of anilines is 1. The number of ether oxygens (including phenoxy) is 2. The first-order valence-electron chi connectivity index (χ1n) is 11.7. The van der Waals surface area contributed by atoms with Crippen molar-refractivity contribution >= 4 is 56.5 Å². The van der Waals surface area contributed by atoms with Gasteiger partial charge in [-0.3, -0.25) is 19.3 Å². The van der Waals surface area contributed by atoms with Crippen molar-refractivity contribution in [1.29, 1.82) is 5.26 Å². The highest BCUT2D eigenvalue weighted by Crippen LogP contribution is 2.40. The normalized spacial score (nSPS) is 13.9. The molecule has 1 saturated heterocycles. The number of benzene rings is 3. The van der Waals surface area contributed by atoms with E-state index in [1.54, 1.807) is 30.3 Å². The van der Waals surface area contributed by atoms with E-state index in [4.69, 9.17) is 9.47 Å². The Bertz CT molecular complexity index is 1520. The number of rotatable bonds is 9. The van der Waals surface area contributed by atoms with Crippen LogP contribution in [0.15, 0.2) is 70.0 Å². The summed E-state index contributed by atoms with van der Waals surface area (Å²) >= 11 is 4.20. The molecule has 0 spiro atoms. The second-order valence-electron chi connectivity index (χ2n) is 8.15. The number of hydrogen-bond donors (Lipinski definition) is 1. The molecular formula is C28H21BrFN3O5S. The van der Waals surface area contributed by atoms with E-state index in [0.29, 0.717) is 51.0 Å². The largest absolute Gasteiger partial charge is 0.490 e. The van der Waals surface area contributed by atoms with Crippen molar-refractivity contribution < 1.29 is 28.2 Å². The van der Waals surface area contributed by atoms with E-state index in [1.807, 2.05) is 13.0 Å². The molecule has 3 aromatic rings. The van der Waals surface area contributed by atoms with Gasteiger partial charge in [-0.15, -0.1) is 0 Å². The van der Waals surface area contributed by atoms with E-state index >= 15 is 0 Å². The molecule has 1 heterocycles. The molecule has 3 aromatic carbocycles. The fourth-order valence-corrected chi connectivity index (χ4v) is 5.09. The third-order valence-corrected chi connectivity index (χ3v) is 6.92. The van der Waals surface area contributed by atoms with Crippen LogP contribution in [0.5, 0.6) is 11.5 Å². The van der Waals surface area contributed by atoms with E-state index < -0.39 is 29.4 Å². The molecule has 3 amide bonds. The molecule has 198 valence electrons. The summed E-state index contributed by atoms with van der Waals surface area (Å²) in [5, 5.41) is 11.2. The number of carbonyl (C=O) groups is 3. The fourth-order valence-electron chi connectivity index (χ4n) is 3.68. The summed E-state index contributed by atoms with van der Waals surface area (Å²) in [7, 11) is 0. The Balaban J connectivity index is 1.50. The van der Waals surface area contributed by atoms with Gasteiger partial charge in [-0.1, -0.05) is 24.3 Å². The van der Waals surface area contributed by atoms with Crippen molar-refractivity contribution in [3.63, 3.8) is 0 Å². The zero-order valence-corrected chi connectivity index (χ0v) is 23.0. The number of nitrogens with one attached hydrogen (secondary N) is 1. The van der Waals surface area contributed by atoms with Crippen molar-refractivity contribution in [2.75, 3.05) is 18.5 Å². The lowest BCUT2D eigenvalue weighted by Crippen LogP contribution is -2.36. The molecule has 1 aliphatic heterocycles. The first-order chi connectivity index (χ1) is 18.8. The fraction of sp³-hybridized carbons (Fsp3) is 0.143. The maximum Gasteiger partial charge on any atom is 0.294 e. The van der Waals surface area contributed by atoms with Crippen molar-refractivity contribution in [2.24, 2.45) is 0 Å². The highest BCUT2D eigenvalue weighted by atomic mass is 79.9. The molecule has 4 rings (SSSR count). The molecule has 0 unspecified atom stereocenters. The van der Waals surface area contributed by atoms with Crippen LogP contribution < -0.4 is 14.8 Å². The lowest BCUT2D eigenvalue weighted by atomic mass is 10.1. The van der Waals surface area contributed by atoms with Gasteiger partial charge in [-0.25, -0.2) is 4.39 Å². The zero-order valence-electron chi connectivity index (χ0n) is 20.6. The van der Waals surface area contributed by atoms with E-state index in [-0.39, 0.29) is 17.2 Å². The Labute approximate surface area is 236 Å². The van der Waals surface area contributed by atoms with Gasteiger partial charge in [-0.05, 0) is 82.7 Å². The third kappa shape index (κ3) is 6.85. The van der Waals surface area contributed by atoms with Crippen LogP contribution in [0.1, 0.15) is 23.6 Å². The average molecular weight is 610 g/mol. The summed E-state index contributed by atoms with van der Waals surface area (Å²) in [6, 6.07) is 17.9. The van der Waals surface area contributed by atoms with Gasteiger partial charge in [0, 0.05) is 11.3 Å². The van der Waals surface area contributed by atoms with Gasteiger partial charge in [0.05, 0.1) is 27.6 Å². The zero-order chi connectivity index (χ0) is 27.9. The van der Waals surface area contributed by atoms with E-state index in [9.17, 15) is 24.0 Å². The van der Waals surface area contributed by atoms with E-state index in [1.165, 1.54) is 24.3 Å². The number of thioether (sulfide) groups is 1. The predicted octanol–water partition coefficient (Wildman–Crippen LogP) is 6.11. The Morgan fingerprint density at radius 1 is 1.15 bits per heavy atom. The van der Waals surface area contributed by atoms with Gasteiger partial charge in [0.15, 0.2) is 11.5 Å². The second kappa shape index (κ2) is 12.6. The van der Waals surface area contributed by atoms with Crippen LogP contribution in [0, 0.1) is 17.1 Å². The van der Waals surface area contributed by atoms with Gasteiger partial charge < -0.3 is 14.8 Å². The standard InChI is InChI=1S/C28H21BrFN3O5S/c1-2-37-23-11-17(10-22(29)26(23)38-16-19-7-4-3-6-18(19)14-31)12-24-27(35)33(28(36)39-24)15-25(34)32-21-9-5-8-20(30)13-21/h3-13H,2,15-16H2,1H3,(H,32,34)/b24-12+. The molecule has 1 N–H and O–H groups in total. The van der Waals surface area contributed by atoms with E-state index in [0.717, 1.165) is 11.0 Å². The average Bonchev–Trinajstić information content (AvgIpc) is 3.15. The molecular weight excluding hydrogens is 589 g/mol. The number of nitrogens with zero attached hydrogens (tertiary/aromatic N) is 2. The lowest BCUT2D eigenvalue weighted by Gasteiger charge is -2.15. The summed E-state index contributed by atoms with van der Waals surface area (Å²) in [5.74, 6) is -0.958. The number of nitriles is 1. The second-order valence-corrected chi connectivity index (χ2v) is 9.99. The molecule has 8 nitrogen and oxygen atoms in total. The molecule has 0 aromatic heterocycles. The maximum atomic E-state index is 13.4. The topological polar surface area (TPSA) is 109 Å². The molecule has 0 saturated carbocycles. The Morgan fingerprint density at radius 2 is 1.95 bits per heavy atom. The molecule has 1 fully saturated rings. The number of hydrogen-bond acceptors (Lipinski definition) is 7. The van der Waals surface area contributed by atoms with Crippen LogP contribution in [0.2, 0.25) is 0 Å². The molecule has 0 atom stereocenters. The van der Waals surface area contributed by atoms with Crippen molar-refractivity contribution in [3.8, 4) is 17.6 Å². The highest BCUT2D eigenvalue weighted by molar-refractivity contribution is 9.10. The van der Waals surface area contributed by atoms with E-state index in [2.05, 4.69) is 27.3 Å². The van der Waals surface area contributed by atoms with Crippen LogP contribution >= 0.6 is 27.7 Å². The van der Waals surface area contributed by atoms with Crippen LogP contribution in [-0.2, 0) is 16.2 Å². The van der Waals surface area contributed by atoms with Gasteiger partial charge in [-0.2, -0.15) is 5.26 Å². The summed E-state index contributed by atoms with van der Waals surface area (Å²) in [4.78, 5) is 38.8. The SMILES string of the molecule is CCOc1cc(/C=C2/SC(=O)N(CC(=O)Nc3cccc(F)c3)C2=O)cc(Br)c1OCc1ccccc1C#N. The Kier molecular flexibility index (Phi) is 9.01. The van der Waals surface area contributed by atoms with Crippen LogP contribution in [0.25, 0.3) is 6.08 Å². The number of halogens is 2. The van der Waals surface area contributed by atoms with Gasteiger partial charge in [0.1, 0.15) is 19.0 Å². The molecule has 0 bridgehead atoms. The number of carbonyl (C=O) groups excluding carboxylic acids is 3. The monoisotopic (exact) mass is 609 g/mol. The summed E-state index contributed by atoms with van der Waals surface area (Å²) in [6.07, 6.45) is 1.53. The minimum Gasteiger partial charge on any atom is -0.490 e. The van der Waals surface area contributed by atoms with Crippen LogP contribution in [0.3, 0.4) is 0 Å². The molecule has 0 radical (unpaired) electrons. The molecule has 1 aliphatic rings. The summed E-state index contributed by atoms with van der Waals surface area (Å²) < 4.78 is 25.7. The summed E-state index contributed by atoms with van der Waals surface area (Å²) in [6.45, 7) is 1.79. The van der Waals surface area contributed by atoms with Crippen LogP contribution in [0.4, 0.5) is 14.9 Å². The number of imide groups is 1. The van der Waals surface area contributed by atoms with Gasteiger partial charge in [0.2, 0.25) is 5.91 Å². The lowest BCUT2D eigenvalue weighted by molar-refractivity contribution is -0.127. The summed E-state index contributed by atoms with van der Waals surface area (Å²) in [5.41, 5.74) is 2.00. The van der Waals surface area contributed by atoms with Gasteiger partial charge in [0.25, 0.3) is 11.1 Å². The van der Waals surface area contributed by atoms with Crippen molar-refractivity contribution in [3.05, 3.63) is 92.5 Å². The molecule has 0 aliphatic carbocycles. The first kappa shape index (κ1) is 27.9. The van der Waals surface area contributed by atoms with Crippen molar-refractivity contribution in [1.82, 2.24) is 4.90 Å². The Hall–Kier alpha value is -4.14. The highest BCUT2D eigenvalue weighted by Gasteiger charge is 2.36. The molecule has 39 heavy (non-hydrogen) atoms. The van der Waals surface area contributed by atoms with Crippen molar-refractivity contribution in [2.45, 2.75) is 13.5 Å². The quantitative estimate of drug-likeness (QED) is 0.291. The number of amides is 3. The first-order valence-corrected chi connectivity index (χ1v) is 13.3.